The molecule has 0 aliphatic rings. The molecule has 1 unspecified atom stereocenters. The van der Waals surface area contributed by atoms with Crippen LogP contribution in [0.3, 0.4) is 0 Å². The summed E-state index contributed by atoms with van der Waals surface area (Å²) < 4.78 is 1.98. The highest BCUT2D eigenvalue weighted by atomic mass is 32.1. The second-order valence-corrected chi connectivity index (χ2v) is 5.52. The maximum Gasteiger partial charge on any atom is 0.180 e. The largest absolute Gasteiger partial charge is 0.369 e. The average Bonchev–Trinajstić information content (AvgIpc) is 3.10. The van der Waals surface area contributed by atoms with Crippen molar-refractivity contribution in [2.45, 2.75) is 19.9 Å². The number of nitrogens with zero attached hydrogens (tertiary/aromatic N) is 3. The zero-order valence-corrected chi connectivity index (χ0v) is 12.3. The highest BCUT2D eigenvalue weighted by Crippen LogP contribution is 2.25. The van der Waals surface area contributed by atoms with Crippen LogP contribution >= 0.6 is 11.3 Å². The van der Waals surface area contributed by atoms with Gasteiger partial charge in [0.1, 0.15) is 5.82 Å². The van der Waals surface area contributed by atoms with Crippen molar-refractivity contribution in [2.75, 3.05) is 17.2 Å². The Morgan fingerprint density at radius 3 is 3.10 bits per heavy atom. The van der Waals surface area contributed by atoms with Gasteiger partial charge in [-0.05, 0) is 25.3 Å². The standard InChI is InChI=1S/C14H17N5S/c1-3-15-12-9-19-7-6-16-14(19)13(18-12)17-10(2)11-5-4-8-20-11/h4-10,15H,3H2,1-2H3,(H,17,18). The lowest BCUT2D eigenvalue weighted by atomic mass is 10.3. The van der Waals surface area contributed by atoms with Crippen molar-refractivity contribution >= 4 is 28.6 Å². The Kier molecular flexibility index (Phi) is 3.56. The Balaban J connectivity index is 1.94. The van der Waals surface area contributed by atoms with Gasteiger partial charge in [-0.1, -0.05) is 6.07 Å². The Bertz CT molecular complexity index is 689. The number of thiophene rings is 1. The molecule has 0 fully saturated rings. The molecule has 104 valence electrons. The number of nitrogens with one attached hydrogen (secondary N) is 2. The summed E-state index contributed by atoms with van der Waals surface area (Å²) in [6.45, 7) is 5.03. The van der Waals surface area contributed by atoms with Crippen molar-refractivity contribution in [3.05, 3.63) is 41.0 Å². The van der Waals surface area contributed by atoms with E-state index >= 15 is 0 Å². The lowest BCUT2D eigenvalue weighted by molar-refractivity contribution is 0.893. The van der Waals surface area contributed by atoms with Crippen molar-refractivity contribution in [3.63, 3.8) is 0 Å². The molecule has 20 heavy (non-hydrogen) atoms. The number of hydrogen-bond acceptors (Lipinski definition) is 5. The first-order chi connectivity index (χ1) is 9.78. The summed E-state index contributed by atoms with van der Waals surface area (Å²) in [5.74, 6) is 1.65. The second-order valence-electron chi connectivity index (χ2n) is 4.54. The van der Waals surface area contributed by atoms with Crippen molar-refractivity contribution in [1.29, 1.82) is 0 Å². The van der Waals surface area contributed by atoms with Gasteiger partial charge in [0.25, 0.3) is 0 Å². The van der Waals surface area contributed by atoms with Crippen LogP contribution in [0.25, 0.3) is 5.65 Å². The first-order valence-electron chi connectivity index (χ1n) is 6.65. The summed E-state index contributed by atoms with van der Waals surface area (Å²) in [6.07, 6.45) is 5.67. The van der Waals surface area contributed by atoms with E-state index in [-0.39, 0.29) is 6.04 Å². The van der Waals surface area contributed by atoms with E-state index in [1.165, 1.54) is 4.88 Å². The summed E-state index contributed by atoms with van der Waals surface area (Å²) in [7, 11) is 0. The maximum atomic E-state index is 4.61. The van der Waals surface area contributed by atoms with Gasteiger partial charge in [0.2, 0.25) is 0 Å². The van der Waals surface area contributed by atoms with Gasteiger partial charge in [-0.3, -0.25) is 0 Å². The molecule has 0 amide bonds. The minimum atomic E-state index is 0.208. The van der Waals surface area contributed by atoms with Crippen LogP contribution in [0.1, 0.15) is 24.8 Å². The van der Waals surface area contributed by atoms with Crippen molar-refractivity contribution in [2.24, 2.45) is 0 Å². The molecule has 0 saturated heterocycles. The highest BCUT2D eigenvalue weighted by Gasteiger charge is 2.12. The number of hydrogen-bond donors (Lipinski definition) is 2. The molecule has 0 spiro atoms. The summed E-state index contributed by atoms with van der Waals surface area (Å²) in [5, 5.41) is 8.77. The molecule has 0 aliphatic carbocycles. The molecule has 1 atom stereocenters. The Labute approximate surface area is 121 Å². The van der Waals surface area contributed by atoms with Gasteiger partial charge in [-0.2, -0.15) is 0 Å². The van der Waals surface area contributed by atoms with Crippen LogP contribution in [0.15, 0.2) is 36.1 Å². The van der Waals surface area contributed by atoms with Crippen LogP contribution in [0, 0.1) is 0 Å². The third-order valence-electron chi connectivity index (χ3n) is 3.06. The molecule has 0 aliphatic heterocycles. The van der Waals surface area contributed by atoms with Gasteiger partial charge < -0.3 is 15.0 Å². The molecule has 0 saturated carbocycles. The first kappa shape index (κ1) is 12.9. The Hall–Kier alpha value is -2.08. The fraction of sp³-hybridized carbons (Fsp3) is 0.286. The van der Waals surface area contributed by atoms with E-state index in [2.05, 4.69) is 52.0 Å². The Morgan fingerprint density at radius 2 is 2.35 bits per heavy atom. The van der Waals surface area contributed by atoms with Crippen LogP contribution in [-0.4, -0.2) is 20.9 Å². The van der Waals surface area contributed by atoms with E-state index in [9.17, 15) is 0 Å². The molecule has 3 aromatic heterocycles. The monoisotopic (exact) mass is 287 g/mol. The SMILES string of the molecule is CCNc1cn2ccnc2c(NC(C)c2cccs2)n1. The lowest BCUT2D eigenvalue weighted by Crippen LogP contribution is -2.10. The topological polar surface area (TPSA) is 54.2 Å². The van der Waals surface area contributed by atoms with Crippen LogP contribution in [0.5, 0.6) is 0 Å². The molecule has 3 heterocycles. The summed E-state index contributed by atoms with van der Waals surface area (Å²) in [5.41, 5.74) is 0.843. The van der Waals surface area contributed by atoms with Crippen molar-refractivity contribution in [3.8, 4) is 0 Å². The summed E-state index contributed by atoms with van der Waals surface area (Å²) in [6, 6.07) is 4.39. The molecular weight excluding hydrogens is 270 g/mol. The van der Waals surface area contributed by atoms with Gasteiger partial charge in [0.05, 0.1) is 12.2 Å². The number of anilines is 2. The average molecular weight is 287 g/mol. The van der Waals surface area contributed by atoms with Crippen LogP contribution in [0.4, 0.5) is 11.6 Å². The smallest absolute Gasteiger partial charge is 0.180 e. The number of fused-ring (bicyclic) bond motifs is 1. The summed E-state index contributed by atoms with van der Waals surface area (Å²) in [4.78, 5) is 10.3. The molecule has 0 radical (unpaired) electrons. The number of aromatic nitrogens is 3. The first-order valence-corrected chi connectivity index (χ1v) is 7.53. The summed E-state index contributed by atoms with van der Waals surface area (Å²) >= 11 is 1.74. The molecule has 3 aromatic rings. The number of imidazole rings is 1. The third-order valence-corrected chi connectivity index (χ3v) is 4.11. The normalized spacial score (nSPS) is 12.5. The Morgan fingerprint density at radius 1 is 1.45 bits per heavy atom. The molecule has 0 aromatic carbocycles. The van der Waals surface area contributed by atoms with Crippen molar-refractivity contribution in [1.82, 2.24) is 14.4 Å². The van der Waals surface area contributed by atoms with Gasteiger partial charge in [-0.25, -0.2) is 9.97 Å². The van der Waals surface area contributed by atoms with E-state index in [1.54, 1.807) is 17.5 Å². The second kappa shape index (κ2) is 5.50. The predicted molar refractivity (Wildman–Crippen MR) is 83.5 cm³/mol. The van der Waals surface area contributed by atoms with Crippen LogP contribution in [-0.2, 0) is 0 Å². The molecular formula is C14H17N5S. The molecule has 2 N–H and O–H groups in total. The minimum Gasteiger partial charge on any atom is -0.369 e. The molecule has 6 heteroatoms. The maximum absolute atomic E-state index is 4.61. The lowest BCUT2D eigenvalue weighted by Gasteiger charge is -2.15. The van der Waals surface area contributed by atoms with E-state index in [0.29, 0.717) is 0 Å². The van der Waals surface area contributed by atoms with Crippen molar-refractivity contribution < 1.29 is 0 Å². The molecule has 0 bridgehead atoms. The quantitative estimate of drug-likeness (QED) is 0.755. The zero-order chi connectivity index (χ0) is 13.9. The highest BCUT2D eigenvalue weighted by molar-refractivity contribution is 7.10. The number of rotatable bonds is 5. The van der Waals surface area contributed by atoms with Gasteiger partial charge in [-0.15, -0.1) is 11.3 Å². The van der Waals surface area contributed by atoms with Crippen LogP contribution < -0.4 is 10.6 Å². The molecule has 3 rings (SSSR count). The molecule has 5 nitrogen and oxygen atoms in total. The van der Waals surface area contributed by atoms with E-state index < -0.39 is 0 Å². The van der Waals surface area contributed by atoms with E-state index in [0.717, 1.165) is 23.8 Å². The van der Waals surface area contributed by atoms with E-state index in [4.69, 9.17) is 0 Å². The van der Waals surface area contributed by atoms with E-state index in [1.807, 2.05) is 16.8 Å². The van der Waals surface area contributed by atoms with Crippen LogP contribution in [0.2, 0.25) is 0 Å². The fourth-order valence-corrected chi connectivity index (χ4v) is 2.84. The predicted octanol–water partition coefficient (Wildman–Crippen LogP) is 3.40. The van der Waals surface area contributed by atoms with Gasteiger partial charge in [0, 0.05) is 23.8 Å². The zero-order valence-electron chi connectivity index (χ0n) is 11.5. The third kappa shape index (κ3) is 2.46. The van der Waals surface area contributed by atoms with Gasteiger partial charge in [0.15, 0.2) is 11.5 Å². The fourth-order valence-electron chi connectivity index (χ4n) is 2.11. The minimum absolute atomic E-state index is 0.208. The van der Waals surface area contributed by atoms with Gasteiger partial charge >= 0.3 is 0 Å².